The number of hydrogen-bond acceptors (Lipinski definition) is 4. The van der Waals surface area contributed by atoms with Crippen molar-refractivity contribution in [1.82, 2.24) is 10.3 Å². The lowest BCUT2D eigenvalue weighted by Crippen LogP contribution is -2.32. The molecule has 0 radical (unpaired) electrons. The lowest BCUT2D eigenvalue weighted by Gasteiger charge is -2.20. The summed E-state index contributed by atoms with van der Waals surface area (Å²) >= 11 is 0. The molecular weight excluding hydrogens is 256 g/mol. The zero-order valence-corrected chi connectivity index (χ0v) is 12.6. The van der Waals surface area contributed by atoms with E-state index in [2.05, 4.69) is 10.3 Å². The molecular formula is C15H24N2O3. The number of aromatic nitrogens is 1. The standard InChI is InChI=1S/C15H24N2O3/c1-11(6-5-9-18)17-14(19)12-7-8-13(16-10-12)20-15(2,3)4/h7-8,10-11,18H,5-6,9H2,1-4H3,(H,17,19). The molecule has 0 aliphatic rings. The van der Waals surface area contributed by atoms with Gasteiger partial charge in [0.25, 0.3) is 5.91 Å². The molecule has 1 rings (SSSR count). The maximum absolute atomic E-state index is 12.0. The van der Waals surface area contributed by atoms with Crippen LogP contribution < -0.4 is 10.1 Å². The fourth-order valence-electron chi connectivity index (χ4n) is 1.67. The van der Waals surface area contributed by atoms with E-state index in [-0.39, 0.29) is 24.2 Å². The Kier molecular flexibility index (Phi) is 5.95. The van der Waals surface area contributed by atoms with Crippen LogP contribution in [0.5, 0.6) is 5.88 Å². The van der Waals surface area contributed by atoms with Gasteiger partial charge in [0.1, 0.15) is 5.60 Å². The van der Waals surface area contributed by atoms with E-state index in [9.17, 15) is 4.79 Å². The molecule has 5 nitrogen and oxygen atoms in total. The molecule has 0 saturated carbocycles. The molecule has 0 aliphatic carbocycles. The molecule has 0 bridgehead atoms. The van der Waals surface area contributed by atoms with Gasteiger partial charge in [-0.05, 0) is 46.6 Å². The highest BCUT2D eigenvalue weighted by Crippen LogP contribution is 2.15. The van der Waals surface area contributed by atoms with Gasteiger partial charge in [0.2, 0.25) is 5.88 Å². The number of ether oxygens (including phenoxy) is 1. The van der Waals surface area contributed by atoms with Gasteiger partial charge in [-0.2, -0.15) is 0 Å². The third kappa shape index (κ3) is 6.02. The zero-order chi connectivity index (χ0) is 15.2. The minimum atomic E-state index is -0.310. The van der Waals surface area contributed by atoms with Crippen LogP contribution >= 0.6 is 0 Å². The van der Waals surface area contributed by atoms with Gasteiger partial charge in [0, 0.05) is 24.9 Å². The Bertz CT molecular complexity index is 424. The highest BCUT2D eigenvalue weighted by Gasteiger charge is 2.14. The quantitative estimate of drug-likeness (QED) is 0.837. The van der Waals surface area contributed by atoms with Crippen molar-refractivity contribution < 1.29 is 14.6 Å². The third-order valence-electron chi connectivity index (χ3n) is 2.58. The molecule has 0 aliphatic heterocycles. The van der Waals surface area contributed by atoms with E-state index < -0.39 is 0 Å². The van der Waals surface area contributed by atoms with Gasteiger partial charge in [-0.3, -0.25) is 4.79 Å². The number of amides is 1. The highest BCUT2D eigenvalue weighted by molar-refractivity contribution is 5.94. The summed E-state index contributed by atoms with van der Waals surface area (Å²) in [5, 5.41) is 11.6. The number of carbonyl (C=O) groups is 1. The summed E-state index contributed by atoms with van der Waals surface area (Å²) in [5.41, 5.74) is 0.192. The van der Waals surface area contributed by atoms with Gasteiger partial charge in [-0.25, -0.2) is 4.98 Å². The summed E-state index contributed by atoms with van der Waals surface area (Å²) in [6.07, 6.45) is 2.94. The van der Waals surface area contributed by atoms with Crippen LogP contribution in [0, 0.1) is 0 Å². The molecule has 2 N–H and O–H groups in total. The summed E-state index contributed by atoms with van der Waals surface area (Å²) < 4.78 is 5.60. The Morgan fingerprint density at radius 3 is 2.65 bits per heavy atom. The zero-order valence-electron chi connectivity index (χ0n) is 12.6. The van der Waals surface area contributed by atoms with Crippen molar-refractivity contribution in [3.05, 3.63) is 23.9 Å². The van der Waals surface area contributed by atoms with E-state index in [0.29, 0.717) is 17.9 Å². The van der Waals surface area contributed by atoms with E-state index in [0.717, 1.165) is 6.42 Å². The van der Waals surface area contributed by atoms with E-state index >= 15 is 0 Å². The molecule has 0 spiro atoms. The maximum atomic E-state index is 12.0. The number of hydrogen-bond donors (Lipinski definition) is 2. The molecule has 1 aromatic heterocycles. The molecule has 1 atom stereocenters. The van der Waals surface area contributed by atoms with Gasteiger partial charge in [0.05, 0.1) is 5.56 Å². The molecule has 20 heavy (non-hydrogen) atoms. The second-order valence-corrected chi connectivity index (χ2v) is 5.84. The normalized spacial score (nSPS) is 12.8. The number of aliphatic hydroxyl groups excluding tert-OH is 1. The lowest BCUT2D eigenvalue weighted by atomic mass is 10.1. The Morgan fingerprint density at radius 2 is 2.15 bits per heavy atom. The maximum Gasteiger partial charge on any atom is 0.253 e. The lowest BCUT2D eigenvalue weighted by molar-refractivity contribution is 0.0935. The van der Waals surface area contributed by atoms with Crippen LogP contribution in [0.3, 0.4) is 0 Å². The monoisotopic (exact) mass is 280 g/mol. The van der Waals surface area contributed by atoms with E-state index in [1.807, 2.05) is 27.7 Å². The van der Waals surface area contributed by atoms with Gasteiger partial charge in [0.15, 0.2) is 0 Å². The van der Waals surface area contributed by atoms with Crippen LogP contribution in [-0.2, 0) is 0 Å². The van der Waals surface area contributed by atoms with Crippen LogP contribution in [0.4, 0.5) is 0 Å². The summed E-state index contributed by atoms with van der Waals surface area (Å²) in [6, 6.07) is 3.42. The molecule has 1 unspecified atom stereocenters. The second-order valence-electron chi connectivity index (χ2n) is 5.84. The first-order valence-electron chi connectivity index (χ1n) is 6.88. The molecule has 5 heteroatoms. The van der Waals surface area contributed by atoms with Crippen LogP contribution in [0.1, 0.15) is 50.9 Å². The fraction of sp³-hybridized carbons (Fsp3) is 0.600. The number of nitrogens with one attached hydrogen (secondary N) is 1. The third-order valence-corrected chi connectivity index (χ3v) is 2.58. The summed E-state index contributed by atoms with van der Waals surface area (Å²) in [5.74, 6) is 0.340. The first-order chi connectivity index (χ1) is 9.31. The summed E-state index contributed by atoms with van der Waals surface area (Å²) in [7, 11) is 0. The number of nitrogens with zero attached hydrogens (tertiary/aromatic N) is 1. The number of pyridine rings is 1. The van der Waals surface area contributed by atoms with Crippen molar-refractivity contribution in [2.24, 2.45) is 0 Å². The number of carbonyl (C=O) groups excluding carboxylic acids is 1. The first-order valence-corrected chi connectivity index (χ1v) is 6.88. The van der Waals surface area contributed by atoms with Crippen LogP contribution in [0.2, 0.25) is 0 Å². The predicted octanol–water partition coefficient (Wildman–Crippen LogP) is 2.15. The van der Waals surface area contributed by atoms with Crippen molar-refractivity contribution in [3.8, 4) is 5.88 Å². The van der Waals surface area contributed by atoms with Crippen molar-refractivity contribution in [1.29, 1.82) is 0 Å². The average Bonchev–Trinajstić information content (AvgIpc) is 2.35. The Labute approximate surface area is 120 Å². The second kappa shape index (κ2) is 7.24. The molecule has 1 aromatic rings. The van der Waals surface area contributed by atoms with Crippen molar-refractivity contribution >= 4 is 5.91 Å². The SMILES string of the molecule is CC(CCCO)NC(=O)c1ccc(OC(C)(C)C)nc1. The van der Waals surface area contributed by atoms with Crippen molar-refractivity contribution in [3.63, 3.8) is 0 Å². The van der Waals surface area contributed by atoms with Crippen molar-refractivity contribution in [2.45, 2.75) is 52.2 Å². The van der Waals surface area contributed by atoms with Gasteiger partial charge in [-0.15, -0.1) is 0 Å². The molecule has 0 fully saturated rings. The van der Waals surface area contributed by atoms with Gasteiger partial charge in [-0.1, -0.05) is 0 Å². The van der Waals surface area contributed by atoms with Crippen molar-refractivity contribution in [2.75, 3.05) is 6.61 Å². The first kappa shape index (κ1) is 16.4. The van der Waals surface area contributed by atoms with Gasteiger partial charge < -0.3 is 15.2 Å². The minimum Gasteiger partial charge on any atom is -0.472 e. The van der Waals surface area contributed by atoms with Crippen LogP contribution in [-0.4, -0.2) is 34.2 Å². The average molecular weight is 280 g/mol. The highest BCUT2D eigenvalue weighted by atomic mass is 16.5. The molecule has 1 amide bonds. The fourth-order valence-corrected chi connectivity index (χ4v) is 1.67. The number of aliphatic hydroxyl groups is 1. The molecule has 112 valence electrons. The van der Waals surface area contributed by atoms with E-state index in [4.69, 9.17) is 9.84 Å². The molecule has 0 aromatic carbocycles. The van der Waals surface area contributed by atoms with E-state index in [1.54, 1.807) is 12.1 Å². The molecule has 0 saturated heterocycles. The Hall–Kier alpha value is -1.62. The smallest absolute Gasteiger partial charge is 0.253 e. The predicted molar refractivity (Wildman–Crippen MR) is 77.9 cm³/mol. The Morgan fingerprint density at radius 1 is 1.45 bits per heavy atom. The number of rotatable bonds is 6. The van der Waals surface area contributed by atoms with E-state index in [1.165, 1.54) is 6.20 Å². The minimum absolute atomic E-state index is 0.0279. The van der Waals surface area contributed by atoms with Crippen LogP contribution in [0.25, 0.3) is 0 Å². The topological polar surface area (TPSA) is 71.5 Å². The van der Waals surface area contributed by atoms with Gasteiger partial charge >= 0.3 is 0 Å². The largest absolute Gasteiger partial charge is 0.472 e. The Balaban J connectivity index is 2.57. The summed E-state index contributed by atoms with van der Waals surface area (Å²) in [6.45, 7) is 7.88. The molecule has 1 heterocycles. The van der Waals surface area contributed by atoms with Crippen LogP contribution in [0.15, 0.2) is 18.3 Å². The summed E-state index contributed by atoms with van der Waals surface area (Å²) in [4.78, 5) is 16.1.